The predicted molar refractivity (Wildman–Crippen MR) is 267 cm³/mol. The van der Waals surface area contributed by atoms with E-state index >= 15 is 0 Å². The van der Waals surface area contributed by atoms with Crippen LogP contribution in [0.1, 0.15) is 219 Å². The zero-order valence-electron chi connectivity index (χ0n) is 41.1. The van der Waals surface area contributed by atoms with Gasteiger partial charge in [0.15, 0.2) is 0 Å². The van der Waals surface area contributed by atoms with Gasteiger partial charge in [0.05, 0.1) is 39.9 Å². The van der Waals surface area contributed by atoms with Crippen LogP contribution in [0.2, 0.25) is 0 Å². The maximum Gasteiger partial charge on any atom is 0.472 e. The largest absolute Gasteiger partial charge is 0.472 e. The van der Waals surface area contributed by atoms with E-state index in [-0.39, 0.29) is 19.1 Å². The molecule has 1 amide bonds. The minimum atomic E-state index is -4.36. The molecular formula is C53H100N2O6P+. The Morgan fingerprint density at radius 2 is 0.935 bits per heavy atom. The van der Waals surface area contributed by atoms with Crippen molar-refractivity contribution in [2.75, 3.05) is 40.9 Å². The standard InChI is InChI=1S/C53H99N2O6P/c1-6-8-10-12-14-16-18-20-22-24-25-26-27-28-29-30-31-32-34-36-38-40-42-44-46-52(56)51(50-61-62(58,59)60-49-48-55(3,4)5)54-53(57)47-45-43-41-39-37-35-33-23-21-19-17-15-13-11-9-7-2/h17,19,23,30-31,33,36,38,44,46,51-52,56H,6-16,18,20-22,24-29,32,34-35,37,39-43,45,47-50H2,1-5H3,(H-,54,57,58,59)/p+1/b19-17-,31-30+,33-23-,38-36+,46-44+. The molecule has 62 heavy (non-hydrogen) atoms. The molecule has 0 saturated carbocycles. The average Bonchev–Trinajstić information content (AvgIpc) is 3.23. The molecule has 0 aromatic carbocycles. The summed E-state index contributed by atoms with van der Waals surface area (Å²) in [6, 6.07) is -0.879. The highest BCUT2D eigenvalue weighted by atomic mass is 31.2. The number of likely N-dealkylation sites (N-methyl/N-ethyl adjacent to an activating group) is 1. The van der Waals surface area contributed by atoms with Gasteiger partial charge in [0.1, 0.15) is 13.2 Å². The van der Waals surface area contributed by atoms with Crippen LogP contribution in [0.25, 0.3) is 0 Å². The van der Waals surface area contributed by atoms with Crippen molar-refractivity contribution in [1.82, 2.24) is 5.32 Å². The first-order valence-corrected chi connectivity index (χ1v) is 27.2. The number of carbonyl (C=O) groups excluding carboxylic acids is 1. The number of unbranched alkanes of at least 4 members (excludes halogenated alkanes) is 25. The Morgan fingerprint density at radius 1 is 0.548 bits per heavy atom. The molecule has 9 heteroatoms. The second-order valence-electron chi connectivity index (χ2n) is 18.5. The number of hydrogen-bond acceptors (Lipinski definition) is 5. The second kappa shape index (κ2) is 44.4. The van der Waals surface area contributed by atoms with Gasteiger partial charge in [-0.1, -0.05) is 197 Å². The Hall–Kier alpha value is -1.80. The molecule has 3 atom stereocenters. The first-order chi connectivity index (χ1) is 30.0. The van der Waals surface area contributed by atoms with Crippen molar-refractivity contribution in [2.45, 2.75) is 231 Å². The van der Waals surface area contributed by atoms with E-state index in [1.807, 2.05) is 27.2 Å². The molecule has 8 nitrogen and oxygen atoms in total. The maximum atomic E-state index is 12.9. The lowest BCUT2D eigenvalue weighted by atomic mass is 10.0. The van der Waals surface area contributed by atoms with E-state index in [1.165, 1.54) is 128 Å². The molecule has 0 radical (unpaired) electrons. The van der Waals surface area contributed by atoms with E-state index < -0.39 is 20.0 Å². The van der Waals surface area contributed by atoms with E-state index in [1.54, 1.807) is 6.08 Å². The fourth-order valence-electron chi connectivity index (χ4n) is 7.10. The topological polar surface area (TPSA) is 105 Å². The van der Waals surface area contributed by atoms with E-state index in [0.29, 0.717) is 17.4 Å². The van der Waals surface area contributed by atoms with Gasteiger partial charge in [-0.3, -0.25) is 13.8 Å². The van der Waals surface area contributed by atoms with E-state index in [4.69, 9.17) is 9.05 Å². The third-order valence-electron chi connectivity index (χ3n) is 11.2. The molecule has 0 aromatic heterocycles. The van der Waals surface area contributed by atoms with Crippen molar-refractivity contribution < 1.29 is 32.9 Å². The number of allylic oxidation sites excluding steroid dienone is 9. The zero-order valence-corrected chi connectivity index (χ0v) is 42.0. The molecule has 0 heterocycles. The SMILES string of the molecule is CCCCCC/C=C\C/C=C\CCCCCCCC(=O)NC(COP(=O)(O)OCC[N+](C)(C)C)C(O)/C=C/CC/C=C/CC/C=C/CCCCCCCCCCCCCCCC. The van der Waals surface area contributed by atoms with Gasteiger partial charge in [-0.2, -0.15) is 0 Å². The summed E-state index contributed by atoms with van der Waals surface area (Å²) in [7, 11) is 1.53. The van der Waals surface area contributed by atoms with Gasteiger partial charge in [0.25, 0.3) is 0 Å². The Bertz CT molecular complexity index is 1190. The summed E-state index contributed by atoms with van der Waals surface area (Å²) >= 11 is 0. The van der Waals surface area contributed by atoms with Crippen LogP contribution in [0.3, 0.4) is 0 Å². The molecule has 0 aromatic rings. The van der Waals surface area contributed by atoms with Crippen LogP contribution in [0.4, 0.5) is 0 Å². The molecular weight excluding hydrogens is 792 g/mol. The Labute approximate surface area is 383 Å². The number of aliphatic hydroxyl groups excluding tert-OH is 1. The Balaban J connectivity index is 4.40. The molecule has 0 bridgehead atoms. The maximum absolute atomic E-state index is 12.9. The summed E-state index contributed by atoms with van der Waals surface area (Å²) in [6.07, 6.45) is 58.8. The molecule has 0 rings (SSSR count). The summed E-state index contributed by atoms with van der Waals surface area (Å²) < 4.78 is 23.6. The van der Waals surface area contributed by atoms with Gasteiger partial charge < -0.3 is 19.8 Å². The number of carbonyl (C=O) groups is 1. The van der Waals surface area contributed by atoms with Gasteiger partial charge in [-0.25, -0.2) is 4.57 Å². The fraction of sp³-hybridized carbons (Fsp3) is 0.792. The number of nitrogens with zero attached hydrogens (tertiary/aromatic N) is 1. The number of nitrogens with one attached hydrogen (secondary N) is 1. The van der Waals surface area contributed by atoms with E-state index in [0.717, 1.165) is 70.6 Å². The van der Waals surface area contributed by atoms with Crippen LogP contribution in [0, 0.1) is 0 Å². The molecule has 362 valence electrons. The highest BCUT2D eigenvalue weighted by Gasteiger charge is 2.27. The Morgan fingerprint density at radius 3 is 1.40 bits per heavy atom. The van der Waals surface area contributed by atoms with Crippen molar-refractivity contribution >= 4 is 13.7 Å². The lowest BCUT2D eigenvalue weighted by Gasteiger charge is -2.25. The molecule has 0 spiro atoms. The van der Waals surface area contributed by atoms with Gasteiger partial charge in [-0.05, 0) is 77.0 Å². The van der Waals surface area contributed by atoms with Crippen LogP contribution in [-0.4, -0.2) is 73.4 Å². The van der Waals surface area contributed by atoms with Crippen LogP contribution < -0.4 is 5.32 Å². The van der Waals surface area contributed by atoms with Crippen molar-refractivity contribution in [3.63, 3.8) is 0 Å². The second-order valence-corrected chi connectivity index (χ2v) is 20.0. The fourth-order valence-corrected chi connectivity index (χ4v) is 7.84. The highest BCUT2D eigenvalue weighted by Crippen LogP contribution is 2.43. The first-order valence-electron chi connectivity index (χ1n) is 25.7. The third kappa shape index (κ3) is 46.2. The predicted octanol–water partition coefficient (Wildman–Crippen LogP) is 15.0. The van der Waals surface area contributed by atoms with Crippen LogP contribution in [0.5, 0.6) is 0 Å². The number of hydrogen-bond donors (Lipinski definition) is 3. The molecule has 0 aliphatic carbocycles. The number of phosphoric ester groups is 1. The van der Waals surface area contributed by atoms with Gasteiger partial charge in [0, 0.05) is 6.42 Å². The van der Waals surface area contributed by atoms with Gasteiger partial charge in [0.2, 0.25) is 5.91 Å². The Kier molecular flexibility index (Phi) is 43.1. The molecule has 0 saturated heterocycles. The smallest absolute Gasteiger partial charge is 0.387 e. The van der Waals surface area contributed by atoms with E-state index in [9.17, 15) is 19.4 Å². The summed E-state index contributed by atoms with van der Waals surface area (Å²) in [5.74, 6) is -0.206. The quantitative estimate of drug-likeness (QED) is 0.0243. The number of aliphatic hydroxyl groups is 1. The summed E-state index contributed by atoms with van der Waals surface area (Å²) in [5, 5.41) is 13.8. The normalized spacial score (nSPS) is 14.6. The molecule has 0 aliphatic rings. The monoisotopic (exact) mass is 892 g/mol. The lowest BCUT2D eigenvalue weighted by Crippen LogP contribution is -2.45. The lowest BCUT2D eigenvalue weighted by molar-refractivity contribution is -0.870. The van der Waals surface area contributed by atoms with Crippen LogP contribution >= 0.6 is 7.82 Å². The summed E-state index contributed by atoms with van der Waals surface area (Å²) in [6.45, 7) is 4.76. The first kappa shape index (κ1) is 60.2. The number of phosphoric acid groups is 1. The third-order valence-corrected chi connectivity index (χ3v) is 12.2. The molecule has 3 N–H and O–H groups in total. The highest BCUT2D eigenvalue weighted by molar-refractivity contribution is 7.47. The zero-order chi connectivity index (χ0) is 45.7. The van der Waals surface area contributed by atoms with Gasteiger partial charge >= 0.3 is 7.82 Å². The summed E-state index contributed by atoms with van der Waals surface area (Å²) in [4.78, 5) is 23.2. The van der Waals surface area contributed by atoms with Crippen molar-refractivity contribution in [3.8, 4) is 0 Å². The minimum Gasteiger partial charge on any atom is -0.387 e. The van der Waals surface area contributed by atoms with Crippen molar-refractivity contribution in [2.24, 2.45) is 0 Å². The van der Waals surface area contributed by atoms with Gasteiger partial charge in [-0.15, -0.1) is 0 Å². The number of amides is 1. The van der Waals surface area contributed by atoms with E-state index in [2.05, 4.69) is 67.8 Å². The van der Waals surface area contributed by atoms with Crippen LogP contribution in [-0.2, 0) is 18.4 Å². The van der Waals surface area contributed by atoms with Crippen molar-refractivity contribution in [1.29, 1.82) is 0 Å². The molecule has 0 aliphatic heterocycles. The minimum absolute atomic E-state index is 0.0486. The molecule has 0 fully saturated rings. The van der Waals surface area contributed by atoms with Crippen molar-refractivity contribution in [3.05, 3.63) is 60.8 Å². The molecule has 3 unspecified atom stereocenters. The number of rotatable bonds is 46. The summed E-state index contributed by atoms with van der Waals surface area (Å²) in [5.41, 5.74) is 0. The van der Waals surface area contributed by atoms with Crippen LogP contribution in [0.15, 0.2) is 60.8 Å². The number of quaternary nitrogens is 1. The average molecular weight is 892 g/mol.